The average Bonchev–Trinajstić information content (AvgIpc) is 3.18. The van der Waals surface area contributed by atoms with E-state index in [9.17, 15) is 9.59 Å². The highest BCUT2D eigenvalue weighted by molar-refractivity contribution is 7.09. The second kappa shape index (κ2) is 10.3. The number of carbonyl (C=O) groups is 2. The monoisotopic (exact) mass is 455 g/mol. The second-order valence-corrected chi connectivity index (χ2v) is 8.61. The number of halogens is 2. The predicted molar refractivity (Wildman–Crippen MR) is 116 cm³/mol. The fourth-order valence-corrected chi connectivity index (χ4v) is 4.58. The maximum atomic E-state index is 13.1. The van der Waals surface area contributed by atoms with Gasteiger partial charge in [0.2, 0.25) is 0 Å². The number of ether oxygens (including phenoxy) is 1. The lowest BCUT2D eigenvalue weighted by atomic mass is 9.94. The number of carbonyl (C=O) groups excluding carboxylic acids is 2. The number of urea groups is 1. The Balaban J connectivity index is 1.77. The molecule has 1 saturated carbocycles. The van der Waals surface area contributed by atoms with Crippen LogP contribution in [0.15, 0.2) is 23.6 Å². The molecule has 156 valence electrons. The molecule has 0 aliphatic heterocycles. The third-order valence-electron chi connectivity index (χ3n) is 4.79. The van der Waals surface area contributed by atoms with Crippen LogP contribution in [0, 0.1) is 0 Å². The van der Waals surface area contributed by atoms with Crippen LogP contribution in [0.2, 0.25) is 10.0 Å². The van der Waals surface area contributed by atoms with Crippen molar-refractivity contribution in [3.63, 3.8) is 0 Å². The summed E-state index contributed by atoms with van der Waals surface area (Å²) in [4.78, 5) is 31.1. The van der Waals surface area contributed by atoms with Gasteiger partial charge < -0.3 is 15.0 Å². The van der Waals surface area contributed by atoms with Crippen molar-refractivity contribution >= 4 is 52.2 Å². The largest absolute Gasteiger partial charge is 0.461 e. The lowest BCUT2D eigenvalue weighted by Crippen LogP contribution is -2.43. The fraction of sp³-hybridized carbons (Fsp3) is 0.450. The van der Waals surface area contributed by atoms with Crippen LogP contribution in [-0.2, 0) is 11.3 Å². The molecule has 6 nitrogen and oxygen atoms in total. The lowest BCUT2D eigenvalue weighted by Gasteiger charge is -2.34. The molecule has 0 atom stereocenters. The molecule has 1 aliphatic rings. The van der Waals surface area contributed by atoms with Crippen molar-refractivity contribution in [3.05, 3.63) is 44.3 Å². The highest BCUT2D eigenvalue weighted by Gasteiger charge is 2.27. The van der Waals surface area contributed by atoms with Crippen LogP contribution in [-0.4, -0.2) is 34.5 Å². The third-order valence-corrected chi connectivity index (χ3v) is 6.17. The van der Waals surface area contributed by atoms with Crippen LogP contribution < -0.4 is 5.32 Å². The minimum Gasteiger partial charge on any atom is -0.461 e. The predicted octanol–water partition coefficient (Wildman–Crippen LogP) is 5.99. The Morgan fingerprint density at radius 1 is 1.28 bits per heavy atom. The number of benzene rings is 1. The molecule has 1 N–H and O–H groups in total. The number of nitrogens with one attached hydrogen (secondary N) is 1. The molecule has 2 amide bonds. The van der Waals surface area contributed by atoms with E-state index in [1.54, 1.807) is 35.4 Å². The van der Waals surface area contributed by atoms with Crippen molar-refractivity contribution in [2.24, 2.45) is 0 Å². The molecule has 1 heterocycles. The summed E-state index contributed by atoms with van der Waals surface area (Å²) < 4.78 is 5.00. The molecule has 2 aromatic rings. The molecule has 29 heavy (non-hydrogen) atoms. The van der Waals surface area contributed by atoms with Gasteiger partial charge in [0, 0.05) is 16.4 Å². The number of amides is 2. The highest BCUT2D eigenvalue weighted by atomic mass is 35.5. The molecule has 0 saturated heterocycles. The number of hydrogen-bond donors (Lipinski definition) is 1. The van der Waals surface area contributed by atoms with E-state index in [4.69, 9.17) is 27.9 Å². The van der Waals surface area contributed by atoms with Crippen molar-refractivity contribution < 1.29 is 14.3 Å². The van der Waals surface area contributed by atoms with Gasteiger partial charge in [0.15, 0.2) is 5.69 Å². The summed E-state index contributed by atoms with van der Waals surface area (Å²) in [5, 5.41) is 6.13. The Bertz CT molecular complexity index is 868. The van der Waals surface area contributed by atoms with Gasteiger partial charge in [-0.2, -0.15) is 0 Å². The van der Waals surface area contributed by atoms with Gasteiger partial charge >= 0.3 is 12.0 Å². The topological polar surface area (TPSA) is 71.5 Å². The molecule has 1 aromatic carbocycles. The van der Waals surface area contributed by atoms with Gasteiger partial charge in [0.05, 0.1) is 23.9 Å². The van der Waals surface area contributed by atoms with Crippen molar-refractivity contribution in [1.82, 2.24) is 9.88 Å². The van der Waals surface area contributed by atoms with Gasteiger partial charge in [-0.15, -0.1) is 11.3 Å². The summed E-state index contributed by atoms with van der Waals surface area (Å²) in [7, 11) is 0. The SMILES string of the molecule is CCOC(=O)c1csc(CN(C(=O)Nc2ccc(Cl)cc2Cl)C2CCCCC2)n1. The Kier molecular flexibility index (Phi) is 7.75. The molecule has 1 fully saturated rings. The molecular weight excluding hydrogens is 433 g/mol. The summed E-state index contributed by atoms with van der Waals surface area (Å²) >= 11 is 13.5. The van der Waals surface area contributed by atoms with E-state index in [2.05, 4.69) is 10.3 Å². The van der Waals surface area contributed by atoms with Crippen LogP contribution in [0.5, 0.6) is 0 Å². The van der Waals surface area contributed by atoms with Crippen LogP contribution in [0.3, 0.4) is 0 Å². The fourth-order valence-electron chi connectivity index (χ4n) is 3.37. The number of thiazole rings is 1. The minimum atomic E-state index is -0.448. The van der Waals surface area contributed by atoms with Crippen molar-refractivity contribution in [2.75, 3.05) is 11.9 Å². The van der Waals surface area contributed by atoms with Crippen LogP contribution in [0.1, 0.15) is 54.5 Å². The number of anilines is 1. The van der Waals surface area contributed by atoms with Crippen LogP contribution in [0.25, 0.3) is 0 Å². The zero-order valence-corrected chi connectivity index (χ0v) is 18.4. The zero-order valence-electron chi connectivity index (χ0n) is 16.1. The van der Waals surface area contributed by atoms with E-state index < -0.39 is 5.97 Å². The zero-order chi connectivity index (χ0) is 20.8. The number of hydrogen-bond acceptors (Lipinski definition) is 5. The van der Waals surface area contributed by atoms with Gasteiger partial charge in [0.1, 0.15) is 5.01 Å². The standard InChI is InChI=1S/C20H23Cl2N3O3S/c1-2-28-19(26)17-12-29-18(23-17)11-25(14-6-4-3-5-7-14)20(27)24-16-9-8-13(21)10-15(16)22/h8-10,12,14H,2-7,11H2,1H3,(H,24,27). The second-order valence-electron chi connectivity index (χ2n) is 6.82. The highest BCUT2D eigenvalue weighted by Crippen LogP contribution is 2.29. The Morgan fingerprint density at radius 2 is 2.03 bits per heavy atom. The first-order valence-corrected chi connectivity index (χ1v) is 11.3. The van der Waals surface area contributed by atoms with E-state index >= 15 is 0 Å². The van der Waals surface area contributed by atoms with Gasteiger partial charge in [0.25, 0.3) is 0 Å². The minimum absolute atomic E-state index is 0.116. The number of rotatable bonds is 6. The molecule has 1 aromatic heterocycles. The van der Waals surface area contributed by atoms with Crippen LogP contribution >= 0.6 is 34.5 Å². The van der Waals surface area contributed by atoms with Gasteiger partial charge in [-0.25, -0.2) is 14.6 Å². The first-order valence-electron chi connectivity index (χ1n) is 9.62. The maximum absolute atomic E-state index is 13.1. The molecule has 1 aliphatic carbocycles. The number of nitrogens with zero attached hydrogens (tertiary/aromatic N) is 2. The van der Waals surface area contributed by atoms with Gasteiger partial charge in [-0.1, -0.05) is 42.5 Å². The Hall–Kier alpha value is -1.83. The number of esters is 1. The van der Waals surface area contributed by atoms with Crippen molar-refractivity contribution in [2.45, 2.75) is 51.6 Å². The molecule has 0 unspecified atom stereocenters. The van der Waals surface area contributed by atoms with Crippen molar-refractivity contribution in [3.8, 4) is 0 Å². The van der Waals surface area contributed by atoms with E-state index in [0.717, 1.165) is 25.7 Å². The van der Waals surface area contributed by atoms with Gasteiger partial charge in [-0.3, -0.25) is 0 Å². The molecule has 0 radical (unpaired) electrons. The lowest BCUT2D eigenvalue weighted by molar-refractivity contribution is 0.0520. The van der Waals surface area contributed by atoms with Crippen molar-refractivity contribution in [1.29, 1.82) is 0 Å². The van der Waals surface area contributed by atoms with Gasteiger partial charge in [-0.05, 0) is 38.0 Å². The Morgan fingerprint density at radius 3 is 2.72 bits per heavy atom. The summed E-state index contributed by atoms with van der Waals surface area (Å²) in [5.74, 6) is -0.448. The number of aromatic nitrogens is 1. The third kappa shape index (κ3) is 5.84. The summed E-state index contributed by atoms with van der Waals surface area (Å²) in [5.41, 5.74) is 0.782. The van der Waals surface area contributed by atoms with E-state index in [-0.39, 0.29) is 17.8 Å². The molecular formula is C20H23Cl2N3O3S. The quantitative estimate of drug-likeness (QED) is 0.542. The maximum Gasteiger partial charge on any atom is 0.357 e. The first-order chi connectivity index (χ1) is 14.0. The average molecular weight is 456 g/mol. The molecule has 0 bridgehead atoms. The molecule has 0 spiro atoms. The summed E-state index contributed by atoms with van der Waals surface area (Å²) in [6.07, 6.45) is 5.24. The molecule has 9 heteroatoms. The summed E-state index contributed by atoms with van der Waals surface area (Å²) in [6, 6.07) is 4.83. The smallest absolute Gasteiger partial charge is 0.357 e. The van der Waals surface area contributed by atoms with E-state index in [1.807, 2.05) is 0 Å². The normalized spacial score (nSPS) is 14.4. The van der Waals surface area contributed by atoms with Crippen LogP contribution in [0.4, 0.5) is 10.5 Å². The summed E-state index contributed by atoms with van der Waals surface area (Å²) in [6.45, 7) is 2.37. The van der Waals surface area contributed by atoms with E-state index in [1.165, 1.54) is 17.8 Å². The molecule has 3 rings (SSSR count). The van der Waals surface area contributed by atoms with E-state index in [0.29, 0.717) is 33.9 Å². The first kappa shape index (κ1) is 21.9. The Labute approximate surface area is 184 Å².